The fourth-order valence-electron chi connectivity index (χ4n) is 2.39. The van der Waals surface area contributed by atoms with Gasteiger partial charge in [0.1, 0.15) is 5.70 Å². The number of rotatable bonds is 6. The molecule has 0 spiro atoms. The van der Waals surface area contributed by atoms with E-state index in [2.05, 4.69) is 22.2 Å². The summed E-state index contributed by atoms with van der Waals surface area (Å²) in [5.74, 6) is -1.09. The first-order valence-electron chi connectivity index (χ1n) is 8.25. The van der Waals surface area contributed by atoms with Gasteiger partial charge in [0.2, 0.25) is 0 Å². The summed E-state index contributed by atoms with van der Waals surface area (Å²) in [6.45, 7) is 2.32. The number of hydrogen-bond acceptors (Lipinski definition) is 5. The van der Waals surface area contributed by atoms with Gasteiger partial charge in [-0.25, -0.2) is 0 Å². The van der Waals surface area contributed by atoms with Crippen LogP contribution in [0.4, 0.5) is 18.9 Å². The highest BCUT2D eigenvalue weighted by Gasteiger charge is 2.31. The van der Waals surface area contributed by atoms with Crippen molar-refractivity contribution in [3.05, 3.63) is 53.7 Å². The molecule has 0 saturated heterocycles. The minimum atomic E-state index is -4.86. The van der Waals surface area contributed by atoms with Gasteiger partial charge in [-0.1, -0.05) is 31.2 Å². The van der Waals surface area contributed by atoms with E-state index in [9.17, 15) is 18.0 Å². The van der Waals surface area contributed by atoms with Gasteiger partial charge in [-0.05, 0) is 30.2 Å². The maximum absolute atomic E-state index is 12.4. The molecule has 0 saturated carbocycles. The van der Waals surface area contributed by atoms with Crippen LogP contribution in [-0.4, -0.2) is 18.8 Å². The molecule has 0 bridgehead atoms. The van der Waals surface area contributed by atoms with Gasteiger partial charge in [0.05, 0.1) is 5.70 Å². The first-order valence-corrected chi connectivity index (χ1v) is 8.25. The van der Waals surface area contributed by atoms with E-state index in [4.69, 9.17) is 17.2 Å². The smallest absolute Gasteiger partial charge is 0.398 e. The van der Waals surface area contributed by atoms with E-state index >= 15 is 0 Å². The summed E-state index contributed by atoms with van der Waals surface area (Å²) < 4.78 is 41.1. The fourth-order valence-corrected chi connectivity index (χ4v) is 2.39. The first-order chi connectivity index (χ1) is 13.1. The van der Waals surface area contributed by atoms with E-state index in [1.54, 1.807) is 18.2 Å². The highest BCUT2D eigenvalue weighted by Crippen LogP contribution is 2.33. The molecule has 1 amide bonds. The number of anilines is 1. The van der Waals surface area contributed by atoms with Gasteiger partial charge in [-0.2, -0.15) is 0 Å². The molecule has 2 aromatic rings. The molecule has 0 fully saturated rings. The van der Waals surface area contributed by atoms with E-state index in [0.717, 1.165) is 12.5 Å². The topological polar surface area (TPSA) is 116 Å². The molecule has 2 aromatic carbocycles. The molecule has 6 nitrogen and oxygen atoms in total. The molecule has 0 radical (unpaired) electrons. The molecule has 0 atom stereocenters. The molecule has 0 aliphatic rings. The van der Waals surface area contributed by atoms with Gasteiger partial charge < -0.3 is 27.3 Å². The molecule has 0 aliphatic heterocycles. The van der Waals surface area contributed by atoms with Crippen LogP contribution in [-0.2, 0) is 4.79 Å². The Morgan fingerprint density at radius 1 is 1.29 bits per heavy atom. The van der Waals surface area contributed by atoms with E-state index in [0.29, 0.717) is 17.7 Å². The Morgan fingerprint density at radius 3 is 2.64 bits per heavy atom. The monoisotopic (exact) mass is 392 g/mol. The lowest BCUT2D eigenvalue weighted by Gasteiger charge is -2.14. The normalized spacial score (nSPS) is 12.0. The number of alkyl halides is 3. The lowest BCUT2D eigenvalue weighted by atomic mass is 9.98. The van der Waals surface area contributed by atoms with Gasteiger partial charge in [0.15, 0.2) is 5.75 Å². The van der Waals surface area contributed by atoms with E-state index in [1.807, 2.05) is 6.92 Å². The first kappa shape index (κ1) is 20.8. The summed E-state index contributed by atoms with van der Waals surface area (Å²) in [5, 5.41) is 2.60. The van der Waals surface area contributed by atoms with Crippen molar-refractivity contribution in [2.45, 2.75) is 19.7 Å². The molecule has 28 heavy (non-hydrogen) atoms. The largest absolute Gasteiger partial charge is 0.573 e. The molecule has 9 heteroatoms. The van der Waals surface area contributed by atoms with Crippen LogP contribution in [0.1, 0.15) is 18.9 Å². The molecule has 0 unspecified atom stereocenters. The van der Waals surface area contributed by atoms with Crippen molar-refractivity contribution in [1.29, 1.82) is 0 Å². The van der Waals surface area contributed by atoms with Crippen molar-refractivity contribution in [3.8, 4) is 16.9 Å². The predicted octanol–water partition coefficient (Wildman–Crippen LogP) is 2.55. The number of amides is 1. The molecule has 0 aliphatic carbocycles. The number of nitrogen functional groups attached to an aromatic ring is 1. The lowest BCUT2D eigenvalue weighted by molar-refractivity contribution is -0.274. The van der Waals surface area contributed by atoms with Gasteiger partial charge in [0.25, 0.3) is 5.91 Å². The van der Waals surface area contributed by atoms with Crippen molar-refractivity contribution in [2.75, 3.05) is 12.3 Å². The Balaban J connectivity index is 2.43. The molecule has 7 N–H and O–H groups in total. The highest BCUT2D eigenvalue weighted by molar-refractivity contribution is 6.01. The highest BCUT2D eigenvalue weighted by atomic mass is 19.4. The second kappa shape index (κ2) is 8.43. The second-order valence-electron chi connectivity index (χ2n) is 5.78. The number of nitrogens with one attached hydrogen (secondary N) is 1. The Hall–Kier alpha value is -3.54. The number of benzene rings is 1. The van der Waals surface area contributed by atoms with Gasteiger partial charge in [0, 0.05) is 23.4 Å². The number of carbonyl (C=O) groups is 1. The zero-order valence-corrected chi connectivity index (χ0v) is 15.0. The van der Waals surface area contributed by atoms with Crippen molar-refractivity contribution in [1.82, 2.24) is 5.32 Å². The van der Waals surface area contributed by atoms with Crippen LogP contribution in [0.15, 0.2) is 36.0 Å². The summed E-state index contributed by atoms with van der Waals surface area (Å²) in [4.78, 5) is 12.0. The zero-order valence-electron chi connectivity index (χ0n) is 15.0. The third kappa shape index (κ3) is 5.01. The second-order valence-corrected chi connectivity index (χ2v) is 5.78. The maximum Gasteiger partial charge on any atom is 0.573 e. The van der Waals surface area contributed by atoms with Crippen LogP contribution in [0.2, 0.25) is 0 Å². The number of carbonyl (C=O) groups excluding carboxylic acids is 1. The average molecular weight is 392 g/mol. The van der Waals surface area contributed by atoms with Crippen LogP contribution in [0, 0.1) is 12.1 Å². The van der Waals surface area contributed by atoms with E-state index < -0.39 is 18.0 Å². The molecule has 2 rings (SSSR count). The van der Waals surface area contributed by atoms with Crippen LogP contribution in [0.5, 0.6) is 5.75 Å². The Bertz CT molecular complexity index is 895. The Morgan fingerprint density at radius 2 is 2.00 bits per heavy atom. The predicted molar refractivity (Wildman–Crippen MR) is 99.2 cm³/mol. The third-order valence-electron chi connectivity index (χ3n) is 3.71. The van der Waals surface area contributed by atoms with Crippen molar-refractivity contribution in [2.24, 2.45) is 11.5 Å². The number of nitrogens with two attached hydrogens (primary N) is 3. The summed E-state index contributed by atoms with van der Waals surface area (Å²) in [7, 11) is 0. The summed E-state index contributed by atoms with van der Waals surface area (Å²) >= 11 is 0. The molecule has 148 valence electrons. The van der Waals surface area contributed by atoms with Gasteiger partial charge in [-0.15, -0.1) is 13.2 Å². The number of ether oxygens (including phenoxy) is 1. The molecule has 0 aromatic heterocycles. The maximum atomic E-state index is 12.4. The van der Waals surface area contributed by atoms with Crippen LogP contribution < -0.4 is 27.3 Å². The molecular weight excluding hydrogens is 373 g/mol. The van der Waals surface area contributed by atoms with Crippen LogP contribution in [0.25, 0.3) is 16.8 Å². The number of hydrogen-bond donors (Lipinski definition) is 4. The molecule has 0 heterocycles. The van der Waals surface area contributed by atoms with Crippen molar-refractivity contribution in [3.63, 3.8) is 0 Å². The van der Waals surface area contributed by atoms with Crippen LogP contribution in [0.3, 0.4) is 0 Å². The lowest BCUT2D eigenvalue weighted by Crippen LogP contribution is -2.31. The Labute approximate surface area is 160 Å². The summed E-state index contributed by atoms with van der Waals surface area (Å²) in [5.41, 5.74) is 18.8. The average Bonchev–Trinajstić information content (AvgIpc) is 2.64. The Kier molecular flexibility index (Phi) is 6.26. The van der Waals surface area contributed by atoms with Crippen molar-refractivity contribution >= 4 is 17.3 Å². The summed E-state index contributed by atoms with van der Waals surface area (Å²) in [6, 6.07) is 11.9. The minimum absolute atomic E-state index is 0.0359. The van der Waals surface area contributed by atoms with Gasteiger partial charge in [-0.3, -0.25) is 4.79 Å². The fraction of sp³-hybridized carbons (Fsp3) is 0.211. The van der Waals surface area contributed by atoms with Gasteiger partial charge >= 0.3 is 6.36 Å². The summed E-state index contributed by atoms with van der Waals surface area (Å²) in [6.07, 6.45) is -4.13. The third-order valence-corrected chi connectivity index (χ3v) is 3.71. The number of para-hydroxylation sites is 1. The van der Waals surface area contributed by atoms with E-state index in [1.165, 1.54) is 6.07 Å². The standard InChI is InChI=1S/C19H19F3N4O2/c1-2-9-26-18(27)17(25)16(24)14-8-4-7-13(15(14)23)11-5-3-6-12(10-11)28-19(20,21)22/h4-5,7-8,10H,2,9,23-25H2,1H3,(H,26,27)/b17-16+. The quantitative estimate of drug-likeness (QED) is 0.445. The van der Waals surface area contributed by atoms with Crippen LogP contribution >= 0.6 is 0 Å². The SMILES string of the molecule is CCCNC(=O)/C(N)=C(\N)c1cccc(-c2cc#cc(OC(F)(F)F)c2)c1N. The minimum Gasteiger partial charge on any atom is -0.398 e. The van der Waals surface area contributed by atoms with E-state index in [-0.39, 0.29) is 22.6 Å². The van der Waals surface area contributed by atoms with Crippen molar-refractivity contribution < 1.29 is 22.7 Å². The number of halogens is 3. The molecular formula is C19H19F3N4O2. The zero-order chi connectivity index (χ0) is 20.9.